The second-order valence-corrected chi connectivity index (χ2v) is 4.02. The van der Waals surface area contributed by atoms with Gasteiger partial charge in [-0.05, 0) is 19.9 Å². The molecule has 2 aromatic heterocycles. The zero-order valence-electron chi connectivity index (χ0n) is 10.5. The average molecular weight is 263 g/mol. The standard InChI is InChI=1S/C11H13N5O3/c1-6-3-7(2)16-10(14-6)8(4-13-16)11(18)15-19-5-9(12)17/h3-4H,5H2,1-2H3,(H2,12,17)(H,15,18). The van der Waals surface area contributed by atoms with E-state index < -0.39 is 18.4 Å². The molecule has 0 fully saturated rings. The summed E-state index contributed by atoms with van der Waals surface area (Å²) in [5.74, 6) is -1.21. The molecule has 0 radical (unpaired) electrons. The Hall–Kier alpha value is -2.48. The number of carbonyl (C=O) groups is 2. The molecule has 3 N–H and O–H groups in total. The summed E-state index contributed by atoms with van der Waals surface area (Å²) in [6.07, 6.45) is 1.39. The highest BCUT2D eigenvalue weighted by molar-refractivity contribution is 5.99. The third-order valence-electron chi connectivity index (χ3n) is 2.40. The lowest BCUT2D eigenvalue weighted by Gasteiger charge is -2.04. The maximum atomic E-state index is 11.8. The van der Waals surface area contributed by atoms with Crippen LogP contribution in [0.1, 0.15) is 21.7 Å². The second-order valence-electron chi connectivity index (χ2n) is 4.02. The first-order chi connectivity index (χ1) is 8.99. The molecule has 0 aromatic carbocycles. The van der Waals surface area contributed by atoms with Gasteiger partial charge in [0, 0.05) is 11.4 Å². The first-order valence-electron chi connectivity index (χ1n) is 5.51. The number of aromatic nitrogens is 3. The van der Waals surface area contributed by atoms with Gasteiger partial charge in [0.1, 0.15) is 5.56 Å². The lowest BCUT2D eigenvalue weighted by Crippen LogP contribution is -2.29. The smallest absolute Gasteiger partial charge is 0.280 e. The van der Waals surface area contributed by atoms with Crippen LogP contribution >= 0.6 is 0 Å². The van der Waals surface area contributed by atoms with E-state index in [0.29, 0.717) is 5.65 Å². The number of hydroxylamine groups is 1. The number of nitrogens with two attached hydrogens (primary N) is 1. The number of aryl methyl sites for hydroxylation is 2. The second kappa shape index (κ2) is 5.02. The summed E-state index contributed by atoms with van der Waals surface area (Å²) in [5.41, 5.74) is 9.32. The van der Waals surface area contributed by atoms with Crippen LogP contribution in [0.2, 0.25) is 0 Å². The van der Waals surface area contributed by atoms with E-state index in [4.69, 9.17) is 5.73 Å². The average Bonchev–Trinajstić information content (AvgIpc) is 2.72. The number of carbonyl (C=O) groups excluding carboxylic acids is 2. The zero-order chi connectivity index (χ0) is 14.0. The van der Waals surface area contributed by atoms with E-state index in [1.54, 1.807) is 4.52 Å². The van der Waals surface area contributed by atoms with Gasteiger partial charge in [-0.15, -0.1) is 0 Å². The lowest BCUT2D eigenvalue weighted by molar-refractivity contribution is -0.124. The number of rotatable bonds is 4. The normalized spacial score (nSPS) is 10.6. The van der Waals surface area contributed by atoms with E-state index in [1.165, 1.54) is 6.20 Å². The molecule has 0 spiro atoms. The van der Waals surface area contributed by atoms with Crippen molar-refractivity contribution in [3.63, 3.8) is 0 Å². The van der Waals surface area contributed by atoms with Crippen LogP contribution in [0.5, 0.6) is 0 Å². The highest BCUT2D eigenvalue weighted by Gasteiger charge is 2.15. The summed E-state index contributed by atoms with van der Waals surface area (Å²) in [7, 11) is 0. The van der Waals surface area contributed by atoms with Crippen LogP contribution in [0.4, 0.5) is 0 Å². The summed E-state index contributed by atoms with van der Waals surface area (Å²) in [5, 5.41) is 4.07. The van der Waals surface area contributed by atoms with Crippen molar-refractivity contribution in [3.8, 4) is 0 Å². The Bertz CT molecular complexity index is 649. The van der Waals surface area contributed by atoms with Gasteiger partial charge < -0.3 is 5.73 Å². The third kappa shape index (κ3) is 2.68. The highest BCUT2D eigenvalue weighted by Crippen LogP contribution is 2.11. The Balaban J connectivity index is 2.25. The number of amides is 2. The van der Waals surface area contributed by atoms with Gasteiger partial charge in [-0.2, -0.15) is 5.10 Å². The third-order valence-corrected chi connectivity index (χ3v) is 2.40. The molecule has 0 aliphatic heterocycles. The first-order valence-corrected chi connectivity index (χ1v) is 5.51. The summed E-state index contributed by atoms with van der Waals surface area (Å²) in [6, 6.07) is 1.85. The molecule has 0 saturated heterocycles. The van der Waals surface area contributed by atoms with Crippen molar-refractivity contribution in [2.45, 2.75) is 13.8 Å². The number of nitrogens with zero attached hydrogens (tertiary/aromatic N) is 3. The zero-order valence-corrected chi connectivity index (χ0v) is 10.5. The molecule has 100 valence electrons. The van der Waals surface area contributed by atoms with Gasteiger partial charge in [0.05, 0.1) is 6.20 Å². The van der Waals surface area contributed by atoms with Gasteiger partial charge >= 0.3 is 0 Å². The number of nitrogens with one attached hydrogen (secondary N) is 1. The topological polar surface area (TPSA) is 112 Å². The minimum atomic E-state index is -0.676. The van der Waals surface area contributed by atoms with Crippen molar-refractivity contribution in [2.75, 3.05) is 6.61 Å². The fourth-order valence-corrected chi connectivity index (χ4v) is 1.66. The van der Waals surface area contributed by atoms with Crippen LogP contribution < -0.4 is 11.2 Å². The Morgan fingerprint density at radius 1 is 1.47 bits per heavy atom. The summed E-state index contributed by atoms with van der Waals surface area (Å²) in [6.45, 7) is 3.29. The molecule has 0 unspecified atom stereocenters. The van der Waals surface area contributed by atoms with E-state index in [-0.39, 0.29) is 5.56 Å². The number of hydrogen-bond acceptors (Lipinski definition) is 5. The molecule has 2 aromatic rings. The van der Waals surface area contributed by atoms with Gasteiger partial charge in [-0.3, -0.25) is 14.4 Å². The number of fused-ring (bicyclic) bond motifs is 1. The molecular weight excluding hydrogens is 250 g/mol. The highest BCUT2D eigenvalue weighted by atomic mass is 16.7. The molecule has 2 heterocycles. The van der Waals surface area contributed by atoms with Crippen molar-refractivity contribution in [3.05, 3.63) is 29.2 Å². The van der Waals surface area contributed by atoms with Crippen molar-refractivity contribution in [1.82, 2.24) is 20.1 Å². The lowest BCUT2D eigenvalue weighted by atomic mass is 10.3. The van der Waals surface area contributed by atoms with E-state index in [9.17, 15) is 9.59 Å². The molecule has 8 heteroatoms. The minimum absolute atomic E-state index is 0.260. The molecule has 0 atom stereocenters. The van der Waals surface area contributed by atoms with Crippen LogP contribution in [0.3, 0.4) is 0 Å². The molecule has 19 heavy (non-hydrogen) atoms. The summed E-state index contributed by atoms with van der Waals surface area (Å²) < 4.78 is 1.55. The van der Waals surface area contributed by atoms with E-state index in [1.807, 2.05) is 19.9 Å². The van der Waals surface area contributed by atoms with Crippen LogP contribution in [0, 0.1) is 13.8 Å². The molecule has 0 bridgehead atoms. The molecule has 0 aliphatic rings. The van der Waals surface area contributed by atoms with Crippen LogP contribution in [0.25, 0.3) is 5.65 Å². The predicted octanol–water partition coefficient (Wildman–Crippen LogP) is -0.507. The van der Waals surface area contributed by atoms with Crippen LogP contribution in [-0.2, 0) is 9.63 Å². The number of primary amides is 1. The largest absolute Gasteiger partial charge is 0.368 e. The van der Waals surface area contributed by atoms with E-state index >= 15 is 0 Å². The van der Waals surface area contributed by atoms with Crippen LogP contribution in [0.15, 0.2) is 12.3 Å². The fourth-order valence-electron chi connectivity index (χ4n) is 1.66. The molecular formula is C11H13N5O3. The Kier molecular flexibility index (Phi) is 3.43. The molecule has 2 rings (SSSR count). The van der Waals surface area contributed by atoms with Crippen molar-refractivity contribution >= 4 is 17.5 Å². The molecule has 0 aliphatic carbocycles. The van der Waals surface area contributed by atoms with Crippen molar-refractivity contribution in [1.29, 1.82) is 0 Å². The molecule has 8 nitrogen and oxygen atoms in total. The van der Waals surface area contributed by atoms with Gasteiger partial charge in [0.25, 0.3) is 5.91 Å². The molecule has 2 amide bonds. The first kappa shape index (κ1) is 13.0. The monoisotopic (exact) mass is 263 g/mol. The van der Waals surface area contributed by atoms with Crippen molar-refractivity contribution < 1.29 is 14.4 Å². The quantitative estimate of drug-likeness (QED) is 0.722. The predicted molar refractivity (Wildman–Crippen MR) is 65.1 cm³/mol. The van der Waals surface area contributed by atoms with Crippen molar-refractivity contribution in [2.24, 2.45) is 5.73 Å². The van der Waals surface area contributed by atoms with Gasteiger partial charge in [0.2, 0.25) is 5.91 Å². The Labute approximate surface area is 108 Å². The molecule has 0 saturated carbocycles. The van der Waals surface area contributed by atoms with E-state index in [0.717, 1.165) is 11.4 Å². The van der Waals surface area contributed by atoms with Gasteiger partial charge in [-0.25, -0.2) is 15.0 Å². The minimum Gasteiger partial charge on any atom is -0.368 e. The van der Waals surface area contributed by atoms with E-state index in [2.05, 4.69) is 20.4 Å². The van der Waals surface area contributed by atoms with Gasteiger partial charge in [-0.1, -0.05) is 0 Å². The fraction of sp³-hybridized carbons (Fsp3) is 0.273. The SMILES string of the molecule is Cc1cc(C)n2ncc(C(=O)NOCC(N)=O)c2n1. The number of hydrogen-bond donors (Lipinski definition) is 2. The van der Waals surface area contributed by atoms with Crippen LogP contribution in [-0.4, -0.2) is 33.0 Å². The maximum absolute atomic E-state index is 11.8. The maximum Gasteiger partial charge on any atom is 0.280 e. The summed E-state index contributed by atoms with van der Waals surface area (Å²) in [4.78, 5) is 31.2. The Morgan fingerprint density at radius 2 is 2.21 bits per heavy atom. The summed E-state index contributed by atoms with van der Waals surface area (Å²) >= 11 is 0. The van der Waals surface area contributed by atoms with Gasteiger partial charge in [0.15, 0.2) is 12.3 Å². The Morgan fingerprint density at radius 3 is 2.89 bits per heavy atom.